The van der Waals surface area contributed by atoms with Crippen molar-refractivity contribution in [2.24, 2.45) is 5.92 Å². The van der Waals surface area contributed by atoms with E-state index in [0.29, 0.717) is 5.92 Å². The molecule has 2 heterocycles. The molecule has 112 valence electrons. The Morgan fingerprint density at radius 1 is 1.33 bits per heavy atom. The van der Waals surface area contributed by atoms with Crippen LogP contribution < -0.4 is 5.73 Å². The molecular weight excluding hydrogens is 266 g/mol. The van der Waals surface area contributed by atoms with Crippen LogP contribution in [0.2, 0.25) is 0 Å². The number of tetrazole rings is 1. The molecule has 3 rings (SSSR count). The average Bonchev–Trinajstić information content (AvgIpc) is 3.12. The van der Waals surface area contributed by atoms with E-state index in [1.165, 1.54) is 0 Å². The Morgan fingerprint density at radius 3 is 2.86 bits per heavy atom. The molecule has 1 aromatic heterocycles. The topological polar surface area (TPSA) is 78.8 Å². The number of nitrogen functional groups attached to an aromatic ring is 1. The van der Waals surface area contributed by atoms with E-state index in [2.05, 4.69) is 35.4 Å². The Bertz CT molecular complexity index is 646. The van der Waals surface area contributed by atoms with Gasteiger partial charge in [-0.05, 0) is 54.8 Å². The highest BCUT2D eigenvalue weighted by Crippen LogP contribution is 2.31. The van der Waals surface area contributed by atoms with Crippen LogP contribution in [0.5, 0.6) is 0 Å². The van der Waals surface area contributed by atoms with Gasteiger partial charge in [0.25, 0.3) is 0 Å². The summed E-state index contributed by atoms with van der Waals surface area (Å²) in [6, 6.07) is 4.25. The van der Waals surface area contributed by atoms with Gasteiger partial charge in [-0.3, -0.25) is 0 Å². The number of aromatic nitrogens is 4. The molecule has 0 radical (unpaired) electrons. The van der Waals surface area contributed by atoms with Crippen molar-refractivity contribution < 1.29 is 4.74 Å². The maximum Gasteiger partial charge on any atom is 0.182 e. The van der Waals surface area contributed by atoms with Crippen LogP contribution in [0.1, 0.15) is 30.5 Å². The van der Waals surface area contributed by atoms with E-state index in [0.717, 1.165) is 47.8 Å². The van der Waals surface area contributed by atoms with Crippen molar-refractivity contribution in [3.8, 4) is 11.4 Å². The number of benzene rings is 1. The van der Waals surface area contributed by atoms with Crippen molar-refractivity contribution in [3.63, 3.8) is 0 Å². The van der Waals surface area contributed by atoms with Crippen molar-refractivity contribution in [2.45, 2.75) is 33.2 Å². The fourth-order valence-electron chi connectivity index (χ4n) is 2.89. The molecule has 2 unspecified atom stereocenters. The third-order valence-electron chi connectivity index (χ3n) is 4.38. The normalized spacial score (nSPS) is 19.9. The number of rotatable bonds is 3. The summed E-state index contributed by atoms with van der Waals surface area (Å²) in [7, 11) is 0. The van der Waals surface area contributed by atoms with Crippen LogP contribution >= 0.6 is 0 Å². The lowest BCUT2D eigenvalue weighted by Crippen LogP contribution is -2.19. The lowest BCUT2D eigenvalue weighted by atomic mass is 9.99. The van der Waals surface area contributed by atoms with Crippen LogP contribution in [0, 0.1) is 19.8 Å². The number of aryl methyl sites for hydroxylation is 2. The molecule has 0 saturated carbocycles. The van der Waals surface area contributed by atoms with Crippen LogP contribution in [-0.4, -0.2) is 33.4 Å². The predicted octanol–water partition coefficient (Wildman–Crippen LogP) is 2.14. The van der Waals surface area contributed by atoms with Gasteiger partial charge in [0, 0.05) is 23.8 Å². The lowest BCUT2D eigenvalue weighted by molar-refractivity contribution is 0.173. The fraction of sp³-hybridized carbons (Fsp3) is 0.533. The molecule has 0 aliphatic carbocycles. The molecule has 21 heavy (non-hydrogen) atoms. The van der Waals surface area contributed by atoms with Gasteiger partial charge in [0.2, 0.25) is 0 Å². The average molecular weight is 287 g/mol. The third kappa shape index (κ3) is 2.51. The van der Waals surface area contributed by atoms with Gasteiger partial charge in [0.05, 0.1) is 12.6 Å². The minimum absolute atomic E-state index is 0.208. The Morgan fingerprint density at radius 2 is 2.14 bits per heavy atom. The minimum atomic E-state index is 0.208. The van der Waals surface area contributed by atoms with Gasteiger partial charge in [0.1, 0.15) is 0 Å². The molecule has 2 N–H and O–H groups in total. The Balaban J connectivity index is 2.00. The second-order valence-corrected chi connectivity index (χ2v) is 5.84. The van der Waals surface area contributed by atoms with Crippen LogP contribution in [0.4, 0.5) is 5.69 Å². The minimum Gasteiger partial charge on any atom is -0.398 e. The monoisotopic (exact) mass is 287 g/mol. The largest absolute Gasteiger partial charge is 0.398 e. The van der Waals surface area contributed by atoms with E-state index >= 15 is 0 Å². The van der Waals surface area contributed by atoms with Crippen molar-refractivity contribution >= 4 is 5.69 Å². The van der Waals surface area contributed by atoms with Gasteiger partial charge < -0.3 is 10.5 Å². The second kappa shape index (κ2) is 5.44. The molecule has 1 fully saturated rings. The molecule has 6 nitrogen and oxygen atoms in total. The molecule has 0 bridgehead atoms. The van der Waals surface area contributed by atoms with Crippen molar-refractivity contribution in [1.82, 2.24) is 20.2 Å². The number of hydrogen-bond donors (Lipinski definition) is 1. The number of nitrogens with two attached hydrogens (primary N) is 1. The van der Waals surface area contributed by atoms with Gasteiger partial charge in [-0.2, -0.15) is 0 Å². The van der Waals surface area contributed by atoms with Gasteiger partial charge in [-0.1, -0.05) is 6.07 Å². The number of ether oxygens (including phenoxy) is 1. The molecule has 0 amide bonds. The maximum atomic E-state index is 6.05. The highest BCUT2D eigenvalue weighted by Gasteiger charge is 2.27. The molecule has 2 atom stereocenters. The van der Waals surface area contributed by atoms with E-state index in [9.17, 15) is 0 Å². The molecule has 1 aromatic carbocycles. The predicted molar refractivity (Wildman–Crippen MR) is 80.8 cm³/mol. The summed E-state index contributed by atoms with van der Waals surface area (Å²) >= 11 is 0. The first-order valence-corrected chi connectivity index (χ1v) is 7.30. The summed E-state index contributed by atoms with van der Waals surface area (Å²) in [5.41, 5.74) is 10.0. The third-order valence-corrected chi connectivity index (χ3v) is 4.38. The van der Waals surface area contributed by atoms with Crippen molar-refractivity contribution in [3.05, 3.63) is 23.3 Å². The molecule has 1 saturated heterocycles. The first-order valence-electron chi connectivity index (χ1n) is 7.30. The summed E-state index contributed by atoms with van der Waals surface area (Å²) in [5, 5.41) is 12.3. The smallest absolute Gasteiger partial charge is 0.182 e. The van der Waals surface area contributed by atoms with Gasteiger partial charge in [0.15, 0.2) is 5.82 Å². The SMILES string of the molecule is Cc1cc(C)c(-c2nnnn2C(C)C2CCOC2)cc1N. The second-order valence-electron chi connectivity index (χ2n) is 5.84. The van der Waals surface area contributed by atoms with Crippen LogP contribution in [0.25, 0.3) is 11.4 Å². The summed E-state index contributed by atoms with van der Waals surface area (Å²) in [6.07, 6.45) is 1.05. The Labute approximate surface area is 124 Å². The van der Waals surface area contributed by atoms with Crippen molar-refractivity contribution in [1.29, 1.82) is 0 Å². The Hall–Kier alpha value is -1.95. The Kier molecular flexibility index (Phi) is 3.63. The molecule has 6 heteroatoms. The first-order chi connectivity index (χ1) is 10.1. The number of nitrogens with zero attached hydrogens (tertiary/aromatic N) is 4. The zero-order chi connectivity index (χ0) is 15.0. The van der Waals surface area contributed by atoms with Crippen LogP contribution in [-0.2, 0) is 4.74 Å². The van der Waals surface area contributed by atoms with E-state index in [1.54, 1.807) is 0 Å². The number of anilines is 1. The van der Waals surface area contributed by atoms with Crippen molar-refractivity contribution in [2.75, 3.05) is 18.9 Å². The first kappa shape index (κ1) is 14.0. The summed E-state index contributed by atoms with van der Waals surface area (Å²) in [4.78, 5) is 0. The van der Waals surface area contributed by atoms with Crippen LogP contribution in [0.3, 0.4) is 0 Å². The molecular formula is C15H21N5O. The summed E-state index contributed by atoms with van der Waals surface area (Å²) in [6.45, 7) is 7.81. The quantitative estimate of drug-likeness (QED) is 0.875. The van der Waals surface area contributed by atoms with Gasteiger partial charge in [-0.25, -0.2) is 4.68 Å². The highest BCUT2D eigenvalue weighted by atomic mass is 16.5. The van der Waals surface area contributed by atoms with E-state index in [1.807, 2.05) is 17.7 Å². The highest BCUT2D eigenvalue weighted by molar-refractivity contribution is 5.67. The molecule has 2 aromatic rings. The fourth-order valence-corrected chi connectivity index (χ4v) is 2.89. The van der Waals surface area contributed by atoms with Crippen LogP contribution in [0.15, 0.2) is 12.1 Å². The molecule has 1 aliphatic rings. The van der Waals surface area contributed by atoms with E-state index < -0.39 is 0 Å². The molecule has 1 aliphatic heterocycles. The maximum absolute atomic E-state index is 6.05. The van der Waals surface area contributed by atoms with Gasteiger partial charge >= 0.3 is 0 Å². The molecule has 0 spiro atoms. The van der Waals surface area contributed by atoms with E-state index in [-0.39, 0.29) is 6.04 Å². The summed E-state index contributed by atoms with van der Waals surface area (Å²) in [5.74, 6) is 1.23. The lowest BCUT2D eigenvalue weighted by Gasteiger charge is -2.19. The van der Waals surface area contributed by atoms with E-state index in [4.69, 9.17) is 10.5 Å². The standard InChI is InChI=1S/C15H21N5O/c1-9-6-10(2)14(16)7-13(9)15-17-18-19-20(15)11(3)12-4-5-21-8-12/h6-7,11-12H,4-5,8,16H2,1-3H3. The zero-order valence-electron chi connectivity index (χ0n) is 12.7. The number of hydrogen-bond acceptors (Lipinski definition) is 5. The van der Waals surface area contributed by atoms with Gasteiger partial charge in [-0.15, -0.1) is 5.10 Å². The zero-order valence-corrected chi connectivity index (χ0v) is 12.7. The summed E-state index contributed by atoms with van der Waals surface area (Å²) < 4.78 is 7.38.